The third-order valence-corrected chi connectivity index (χ3v) is 8.50. The van der Waals surface area contributed by atoms with Gasteiger partial charge in [0.1, 0.15) is 6.17 Å². The number of benzene rings is 1. The zero-order valence-corrected chi connectivity index (χ0v) is 19.3. The maximum absolute atomic E-state index is 12.5. The number of anilines is 1. The summed E-state index contributed by atoms with van der Waals surface area (Å²) in [5.74, 6) is 3.70. The molecule has 0 spiro atoms. The van der Waals surface area contributed by atoms with Crippen molar-refractivity contribution in [3.8, 4) is 0 Å². The number of thioether (sulfide) groups is 1. The Morgan fingerprint density at radius 1 is 1.10 bits per heavy atom. The maximum Gasteiger partial charge on any atom is 0.225 e. The molecule has 1 aromatic carbocycles. The fraction of sp³-hybridized carbons (Fsp3) is 0.652. The summed E-state index contributed by atoms with van der Waals surface area (Å²) in [5, 5.41) is 1.14. The zero-order valence-electron chi connectivity index (χ0n) is 17.6. The van der Waals surface area contributed by atoms with Gasteiger partial charge in [0.15, 0.2) is 5.17 Å². The molecule has 0 aromatic heterocycles. The molecule has 6 rings (SSSR count). The molecule has 1 aliphatic heterocycles. The van der Waals surface area contributed by atoms with E-state index in [4.69, 9.17) is 4.99 Å². The molecule has 5 fully saturated rings. The average Bonchev–Trinajstić information content (AvgIpc) is 2.95. The van der Waals surface area contributed by atoms with Gasteiger partial charge < -0.3 is 4.90 Å². The maximum atomic E-state index is 12.5. The first kappa shape index (κ1) is 21.0. The molecule has 0 radical (unpaired) electrons. The molecule has 5 aliphatic rings. The number of aliphatic imine (C=N–C) groups is 1. The van der Waals surface area contributed by atoms with Crippen molar-refractivity contribution in [3.05, 3.63) is 29.8 Å². The van der Waals surface area contributed by atoms with Gasteiger partial charge in [-0.05, 0) is 75.3 Å². The molecule has 1 unspecified atom stereocenters. The Balaban J connectivity index is 0.00000205. The van der Waals surface area contributed by atoms with Gasteiger partial charge in [0.05, 0.1) is 5.54 Å². The van der Waals surface area contributed by atoms with Crippen LogP contribution in [0.3, 0.4) is 0 Å². The van der Waals surface area contributed by atoms with E-state index in [0.29, 0.717) is 0 Å². The average molecular weight is 434 g/mol. The van der Waals surface area contributed by atoms with Crippen LogP contribution < -0.4 is 4.90 Å². The van der Waals surface area contributed by atoms with E-state index in [1.54, 1.807) is 6.92 Å². The number of nitrogens with zero attached hydrogens (tertiary/aromatic N) is 3. The van der Waals surface area contributed by atoms with Crippen molar-refractivity contribution in [3.63, 3.8) is 0 Å². The zero-order chi connectivity index (χ0) is 19.5. The lowest BCUT2D eigenvalue weighted by Gasteiger charge is -2.55. The molecule has 1 amide bonds. The minimum absolute atomic E-state index is 0. The monoisotopic (exact) mass is 433 g/mol. The van der Waals surface area contributed by atoms with Crippen molar-refractivity contribution >= 4 is 40.9 Å². The third-order valence-electron chi connectivity index (χ3n) is 7.40. The van der Waals surface area contributed by atoms with E-state index in [1.165, 1.54) is 44.1 Å². The van der Waals surface area contributed by atoms with Gasteiger partial charge in [0.25, 0.3) is 0 Å². The molecule has 4 nitrogen and oxygen atoms in total. The van der Waals surface area contributed by atoms with Crippen LogP contribution in [-0.4, -0.2) is 40.5 Å². The van der Waals surface area contributed by atoms with Gasteiger partial charge in [-0.2, -0.15) is 0 Å². The quantitative estimate of drug-likeness (QED) is 0.665. The van der Waals surface area contributed by atoms with E-state index in [2.05, 4.69) is 43.1 Å². The van der Waals surface area contributed by atoms with Gasteiger partial charge in [-0.15, -0.1) is 12.4 Å². The van der Waals surface area contributed by atoms with Gasteiger partial charge in [0.2, 0.25) is 5.91 Å². The predicted octanol–water partition coefficient (Wildman–Crippen LogP) is 5.10. The molecule has 4 aliphatic carbocycles. The number of rotatable bonds is 3. The van der Waals surface area contributed by atoms with Crippen LogP contribution in [0.5, 0.6) is 0 Å². The largest absolute Gasteiger partial charge is 0.333 e. The molecule has 158 valence electrons. The highest BCUT2D eigenvalue weighted by atomic mass is 35.5. The third kappa shape index (κ3) is 3.81. The summed E-state index contributed by atoms with van der Waals surface area (Å²) in [4.78, 5) is 22.1. The summed E-state index contributed by atoms with van der Waals surface area (Å²) in [6.07, 6.45) is 8.24. The van der Waals surface area contributed by atoms with Crippen molar-refractivity contribution in [2.75, 3.05) is 17.7 Å². The number of amidine groups is 1. The fourth-order valence-electron chi connectivity index (χ4n) is 6.52. The van der Waals surface area contributed by atoms with E-state index in [9.17, 15) is 4.79 Å². The van der Waals surface area contributed by atoms with Crippen molar-refractivity contribution in [1.82, 2.24) is 4.90 Å². The summed E-state index contributed by atoms with van der Waals surface area (Å²) in [5.41, 5.74) is 2.38. The predicted molar refractivity (Wildman–Crippen MR) is 124 cm³/mol. The van der Waals surface area contributed by atoms with Crippen LogP contribution in [0.4, 0.5) is 5.69 Å². The van der Waals surface area contributed by atoms with Gasteiger partial charge in [-0.3, -0.25) is 14.7 Å². The minimum atomic E-state index is 0. The Hall–Kier alpha value is -1.20. The Labute approximate surface area is 184 Å². The molecular weight excluding hydrogens is 402 g/mol. The first-order chi connectivity index (χ1) is 13.4. The first-order valence-electron chi connectivity index (χ1n) is 10.7. The van der Waals surface area contributed by atoms with Crippen LogP contribution in [0.25, 0.3) is 0 Å². The minimum Gasteiger partial charge on any atom is -0.333 e. The summed E-state index contributed by atoms with van der Waals surface area (Å²) >= 11 is 1.83. The molecule has 6 heteroatoms. The lowest BCUT2D eigenvalue weighted by Crippen LogP contribution is -2.51. The number of hydrogen-bond acceptors (Lipinski definition) is 3. The molecule has 1 heterocycles. The van der Waals surface area contributed by atoms with Crippen molar-refractivity contribution in [2.45, 2.75) is 64.1 Å². The summed E-state index contributed by atoms with van der Waals surface area (Å²) in [6.45, 7) is 3.75. The molecule has 4 saturated carbocycles. The molecule has 1 saturated heterocycles. The van der Waals surface area contributed by atoms with E-state index >= 15 is 0 Å². The van der Waals surface area contributed by atoms with E-state index < -0.39 is 0 Å². The number of amides is 1. The molecular formula is C23H32ClN3OS. The molecule has 1 aromatic rings. The molecule has 29 heavy (non-hydrogen) atoms. The Morgan fingerprint density at radius 3 is 2.17 bits per heavy atom. The molecule has 4 bridgehead atoms. The van der Waals surface area contributed by atoms with Gasteiger partial charge in [-0.1, -0.05) is 29.5 Å². The number of carbonyl (C=O) groups excluding carboxylic acids is 1. The van der Waals surface area contributed by atoms with E-state index in [-0.39, 0.29) is 30.0 Å². The highest BCUT2D eigenvalue weighted by molar-refractivity contribution is 8.14. The lowest BCUT2D eigenvalue weighted by molar-refractivity contribution is -0.117. The number of aryl methyl sites for hydroxylation is 1. The Bertz CT molecular complexity index is 774. The van der Waals surface area contributed by atoms with Crippen LogP contribution in [0.2, 0.25) is 0 Å². The van der Waals surface area contributed by atoms with Crippen molar-refractivity contribution in [2.24, 2.45) is 22.7 Å². The first-order valence-corrected chi connectivity index (χ1v) is 11.7. The molecule has 1 atom stereocenters. The second-order valence-corrected chi connectivity index (χ2v) is 10.7. The smallest absolute Gasteiger partial charge is 0.225 e. The molecule has 0 N–H and O–H groups in total. The normalized spacial score (nSPS) is 36.4. The Kier molecular flexibility index (Phi) is 5.67. The highest BCUT2D eigenvalue weighted by Crippen LogP contribution is 2.57. The summed E-state index contributed by atoms with van der Waals surface area (Å²) in [6, 6.07) is 8.28. The van der Waals surface area contributed by atoms with Crippen LogP contribution >= 0.6 is 24.2 Å². The fourth-order valence-corrected chi connectivity index (χ4v) is 7.78. The van der Waals surface area contributed by atoms with Crippen LogP contribution in [0.1, 0.15) is 51.0 Å². The van der Waals surface area contributed by atoms with Crippen LogP contribution in [-0.2, 0) is 4.79 Å². The summed E-state index contributed by atoms with van der Waals surface area (Å²) in [7, 11) is 2.12. The SMILES string of the molecule is CC(=O)N(c1ccc(C)cc1)C1CSC(=NC23CC4CC(CC(C4)C2)C3)N1C.Cl. The second-order valence-electron chi connectivity index (χ2n) is 9.66. The topological polar surface area (TPSA) is 35.9 Å². The lowest BCUT2D eigenvalue weighted by atomic mass is 9.53. The van der Waals surface area contributed by atoms with Crippen molar-refractivity contribution in [1.29, 1.82) is 0 Å². The van der Waals surface area contributed by atoms with Crippen molar-refractivity contribution < 1.29 is 4.79 Å². The summed E-state index contributed by atoms with van der Waals surface area (Å²) < 4.78 is 0. The number of halogens is 1. The number of carbonyl (C=O) groups is 1. The van der Waals surface area contributed by atoms with E-state index in [0.717, 1.165) is 34.4 Å². The second kappa shape index (κ2) is 7.81. The Morgan fingerprint density at radius 2 is 1.66 bits per heavy atom. The van der Waals surface area contributed by atoms with Gasteiger partial charge in [-0.25, -0.2) is 0 Å². The van der Waals surface area contributed by atoms with E-state index in [1.807, 2.05) is 16.7 Å². The van der Waals surface area contributed by atoms with Crippen LogP contribution in [0, 0.1) is 24.7 Å². The highest BCUT2D eigenvalue weighted by Gasteiger charge is 2.51. The van der Waals surface area contributed by atoms with Crippen LogP contribution in [0.15, 0.2) is 29.3 Å². The van der Waals surface area contributed by atoms with Gasteiger partial charge in [0, 0.05) is 25.4 Å². The van der Waals surface area contributed by atoms with Gasteiger partial charge >= 0.3 is 0 Å². The number of hydrogen-bond donors (Lipinski definition) is 0. The standard InChI is InChI=1S/C23H31N3OS.ClH/c1-15-4-6-20(7-5-15)26(16(2)27)21-14-28-22(25(21)3)24-23-11-17-8-18(12-23)10-19(9-17)13-23;/h4-7,17-19,21H,8-14H2,1-3H3;1H.